The molecule has 0 spiro atoms. The van der Waals surface area contributed by atoms with Gasteiger partial charge in [0.15, 0.2) is 5.22 Å². The van der Waals surface area contributed by atoms with E-state index in [9.17, 15) is 4.79 Å². The topological polar surface area (TPSA) is 45.5 Å². The lowest BCUT2D eigenvalue weighted by Gasteiger charge is -2.39. The lowest BCUT2D eigenvalue weighted by molar-refractivity contribution is -0.136. The highest BCUT2D eigenvalue weighted by Gasteiger charge is 2.30. The second kappa shape index (κ2) is 7.32. The molecular formula is C16H25ClN2O2. The molecule has 2 rings (SSSR count). The molecule has 0 unspecified atom stereocenters. The number of nitrogens with one attached hydrogen (secondary N) is 1. The zero-order chi connectivity index (χ0) is 15.4. The maximum atomic E-state index is 12.1. The van der Waals surface area contributed by atoms with Crippen LogP contribution in [-0.4, -0.2) is 29.9 Å². The normalized spacial score (nSPS) is 22.8. The summed E-state index contributed by atoms with van der Waals surface area (Å²) in [5.74, 6) is 1.70. The molecule has 1 amide bonds. The number of rotatable bonds is 5. The number of furan rings is 1. The largest absolute Gasteiger partial charge is 0.448 e. The van der Waals surface area contributed by atoms with Crippen molar-refractivity contribution in [2.75, 3.05) is 13.1 Å². The third kappa shape index (κ3) is 4.24. The summed E-state index contributed by atoms with van der Waals surface area (Å²) in [5, 5.41) is 3.98. The van der Waals surface area contributed by atoms with Gasteiger partial charge < -0.3 is 14.6 Å². The number of carbonyl (C=O) groups excluding carboxylic acids is 1. The molecule has 1 aromatic heterocycles. The first-order chi connectivity index (χ1) is 10.0. The van der Waals surface area contributed by atoms with E-state index in [2.05, 4.69) is 12.2 Å². The van der Waals surface area contributed by atoms with Gasteiger partial charge in [-0.25, -0.2) is 0 Å². The SMILES string of the molecule is CC[C@H]1CN(C(=O)C(C)C)CC[C@@H]1NCc1ccc(Cl)o1. The second-order valence-corrected chi connectivity index (χ2v) is 6.46. The molecule has 5 heteroatoms. The molecular weight excluding hydrogens is 288 g/mol. The van der Waals surface area contributed by atoms with Crippen molar-refractivity contribution in [3.8, 4) is 0 Å². The molecule has 1 aromatic rings. The highest BCUT2D eigenvalue weighted by atomic mass is 35.5. The molecule has 21 heavy (non-hydrogen) atoms. The van der Waals surface area contributed by atoms with Crippen molar-refractivity contribution >= 4 is 17.5 Å². The number of carbonyl (C=O) groups is 1. The Kier molecular flexibility index (Phi) is 5.71. The number of halogens is 1. The van der Waals surface area contributed by atoms with Gasteiger partial charge in [-0.15, -0.1) is 0 Å². The Morgan fingerprint density at radius 3 is 2.86 bits per heavy atom. The Labute approximate surface area is 131 Å². The first-order valence-electron chi connectivity index (χ1n) is 7.77. The summed E-state index contributed by atoms with van der Waals surface area (Å²) in [4.78, 5) is 14.1. The second-order valence-electron chi connectivity index (χ2n) is 6.09. The molecule has 1 aliphatic rings. The van der Waals surface area contributed by atoms with Crippen LogP contribution < -0.4 is 5.32 Å². The molecule has 0 saturated carbocycles. The van der Waals surface area contributed by atoms with Crippen LogP contribution in [0.2, 0.25) is 5.22 Å². The van der Waals surface area contributed by atoms with E-state index < -0.39 is 0 Å². The van der Waals surface area contributed by atoms with E-state index in [-0.39, 0.29) is 11.8 Å². The average molecular weight is 313 g/mol. The summed E-state index contributed by atoms with van der Waals surface area (Å²) < 4.78 is 5.37. The van der Waals surface area contributed by atoms with Gasteiger partial charge in [-0.3, -0.25) is 4.79 Å². The summed E-state index contributed by atoms with van der Waals surface area (Å²) in [6.45, 7) is 8.50. The Morgan fingerprint density at radius 2 is 2.29 bits per heavy atom. The van der Waals surface area contributed by atoms with Crippen LogP contribution in [0.1, 0.15) is 39.4 Å². The van der Waals surface area contributed by atoms with Crippen LogP contribution in [0.25, 0.3) is 0 Å². The van der Waals surface area contributed by atoms with Gasteiger partial charge >= 0.3 is 0 Å². The van der Waals surface area contributed by atoms with E-state index in [1.54, 1.807) is 6.07 Å². The lowest BCUT2D eigenvalue weighted by atomic mass is 9.89. The Balaban J connectivity index is 1.88. The van der Waals surface area contributed by atoms with E-state index >= 15 is 0 Å². The summed E-state index contributed by atoms with van der Waals surface area (Å²) >= 11 is 5.78. The number of piperidine rings is 1. The van der Waals surface area contributed by atoms with E-state index in [0.717, 1.165) is 31.7 Å². The third-order valence-electron chi connectivity index (χ3n) is 4.23. The maximum absolute atomic E-state index is 12.1. The molecule has 2 heterocycles. The molecule has 0 aliphatic carbocycles. The number of hydrogen-bond donors (Lipinski definition) is 1. The number of likely N-dealkylation sites (tertiary alicyclic amines) is 1. The lowest BCUT2D eigenvalue weighted by Crippen LogP contribution is -2.51. The monoisotopic (exact) mass is 312 g/mol. The first kappa shape index (κ1) is 16.4. The minimum Gasteiger partial charge on any atom is -0.448 e. The molecule has 1 saturated heterocycles. The van der Waals surface area contributed by atoms with Crippen LogP contribution in [0, 0.1) is 11.8 Å². The highest BCUT2D eigenvalue weighted by Crippen LogP contribution is 2.22. The quantitative estimate of drug-likeness (QED) is 0.907. The van der Waals surface area contributed by atoms with Crippen LogP contribution in [-0.2, 0) is 11.3 Å². The van der Waals surface area contributed by atoms with Crippen LogP contribution in [0.5, 0.6) is 0 Å². The molecule has 0 aromatic carbocycles. The Hall–Kier alpha value is -1.00. The van der Waals surface area contributed by atoms with Gasteiger partial charge in [-0.1, -0.05) is 27.2 Å². The fraction of sp³-hybridized carbons (Fsp3) is 0.688. The molecule has 118 valence electrons. The van der Waals surface area contributed by atoms with Crippen LogP contribution in [0.15, 0.2) is 16.5 Å². The Morgan fingerprint density at radius 1 is 1.52 bits per heavy atom. The van der Waals surface area contributed by atoms with Crippen molar-refractivity contribution in [1.29, 1.82) is 0 Å². The maximum Gasteiger partial charge on any atom is 0.225 e. The van der Waals surface area contributed by atoms with Crippen molar-refractivity contribution in [3.05, 3.63) is 23.1 Å². The third-order valence-corrected chi connectivity index (χ3v) is 4.43. The fourth-order valence-electron chi connectivity index (χ4n) is 2.96. The molecule has 0 bridgehead atoms. The van der Waals surface area contributed by atoms with Gasteiger partial charge in [0.1, 0.15) is 5.76 Å². The molecule has 0 radical (unpaired) electrons. The zero-order valence-corrected chi connectivity index (χ0v) is 13.8. The van der Waals surface area contributed by atoms with E-state index in [1.807, 2.05) is 24.8 Å². The molecule has 1 aliphatic heterocycles. The van der Waals surface area contributed by atoms with Crippen LogP contribution >= 0.6 is 11.6 Å². The first-order valence-corrected chi connectivity index (χ1v) is 8.15. The van der Waals surface area contributed by atoms with Gasteiger partial charge in [0.25, 0.3) is 0 Å². The van der Waals surface area contributed by atoms with Gasteiger partial charge in [0.05, 0.1) is 6.54 Å². The van der Waals surface area contributed by atoms with E-state index in [0.29, 0.717) is 23.7 Å². The van der Waals surface area contributed by atoms with Gasteiger partial charge in [-0.2, -0.15) is 0 Å². The minimum absolute atomic E-state index is 0.0808. The summed E-state index contributed by atoms with van der Waals surface area (Å²) in [6.07, 6.45) is 2.06. The van der Waals surface area contributed by atoms with Gasteiger partial charge in [-0.05, 0) is 36.1 Å². The minimum atomic E-state index is 0.0808. The number of nitrogens with zero attached hydrogens (tertiary/aromatic N) is 1. The fourth-order valence-corrected chi connectivity index (χ4v) is 3.12. The van der Waals surface area contributed by atoms with Gasteiger partial charge in [0.2, 0.25) is 5.91 Å². The number of hydrogen-bond acceptors (Lipinski definition) is 3. The van der Waals surface area contributed by atoms with Crippen molar-refractivity contribution in [2.45, 2.75) is 46.2 Å². The molecule has 1 fully saturated rings. The van der Waals surface area contributed by atoms with Crippen molar-refractivity contribution in [2.24, 2.45) is 11.8 Å². The van der Waals surface area contributed by atoms with E-state index in [1.165, 1.54) is 0 Å². The standard InChI is InChI=1S/C16H25ClN2O2/c1-4-12-10-19(16(20)11(2)3)8-7-14(12)18-9-13-5-6-15(17)21-13/h5-6,11-12,14,18H,4,7-10H2,1-3H3/t12-,14-/m0/s1. The summed E-state index contributed by atoms with van der Waals surface area (Å²) in [6, 6.07) is 4.09. The summed E-state index contributed by atoms with van der Waals surface area (Å²) in [5.41, 5.74) is 0. The predicted octanol–water partition coefficient (Wildman–Crippen LogP) is 3.31. The van der Waals surface area contributed by atoms with Crippen molar-refractivity contribution in [1.82, 2.24) is 10.2 Å². The summed E-state index contributed by atoms with van der Waals surface area (Å²) in [7, 11) is 0. The van der Waals surface area contributed by atoms with Crippen LogP contribution in [0.4, 0.5) is 0 Å². The smallest absolute Gasteiger partial charge is 0.225 e. The Bertz CT molecular complexity index is 473. The van der Waals surface area contributed by atoms with E-state index in [4.69, 9.17) is 16.0 Å². The van der Waals surface area contributed by atoms with Crippen LogP contribution in [0.3, 0.4) is 0 Å². The van der Waals surface area contributed by atoms with Gasteiger partial charge in [0, 0.05) is 25.0 Å². The molecule has 4 nitrogen and oxygen atoms in total. The zero-order valence-electron chi connectivity index (χ0n) is 13.1. The highest BCUT2D eigenvalue weighted by molar-refractivity contribution is 6.28. The molecule has 1 N–H and O–H groups in total. The number of amides is 1. The van der Waals surface area contributed by atoms with Crippen molar-refractivity contribution in [3.63, 3.8) is 0 Å². The van der Waals surface area contributed by atoms with Crippen molar-refractivity contribution < 1.29 is 9.21 Å². The predicted molar refractivity (Wildman–Crippen MR) is 84.2 cm³/mol. The molecule has 2 atom stereocenters. The average Bonchev–Trinajstić information content (AvgIpc) is 2.89.